The van der Waals surface area contributed by atoms with Crippen LogP contribution in [-0.4, -0.2) is 24.5 Å². The summed E-state index contributed by atoms with van der Waals surface area (Å²) >= 11 is 3.24. The van der Waals surface area contributed by atoms with Crippen LogP contribution in [0.25, 0.3) is 0 Å². The van der Waals surface area contributed by atoms with E-state index in [0.29, 0.717) is 5.69 Å². The first-order chi connectivity index (χ1) is 9.38. The van der Waals surface area contributed by atoms with E-state index in [9.17, 15) is 13.2 Å². The van der Waals surface area contributed by atoms with Gasteiger partial charge in [0.2, 0.25) is 0 Å². The Morgan fingerprint density at radius 1 is 1.25 bits per heavy atom. The molecule has 0 unspecified atom stereocenters. The Balaban J connectivity index is 2.28. The molecule has 0 saturated heterocycles. The lowest BCUT2D eigenvalue weighted by molar-refractivity contribution is 0.0696. The second-order valence-electron chi connectivity index (χ2n) is 3.81. The second-order valence-corrected chi connectivity index (χ2v) is 6.35. The standard InChI is InChI=1S/C12H9BrN2O4S/c13-9-2-1-3-10(6-9)15-20(18,19)11-5-4-8(7-14-11)12(16)17/h1-7,15H,(H,16,17). The fraction of sp³-hybridized carbons (Fsp3) is 0. The van der Waals surface area contributed by atoms with Crippen molar-refractivity contribution in [3.63, 3.8) is 0 Å². The number of rotatable bonds is 4. The van der Waals surface area contributed by atoms with Gasteiger partial charge >= 0.3 is 5.97 Å². The molecule has 1 aromatic heterocycles. The summed E-state index contributed by atoms with van der Waals surface area (Å²) in [5, 5.41) is 8.49. The molecule has 0 aliphatic rings. The van der Waals surface area contributed by atoms with Gasteiger partial charge in [0.05, 0.1) is 5.56 Å². The number of aromatic carboxylic acids is 1. The van der Waals surface area contributed by atoms with Crippen LogP contribution >= 0.6 is 15.9 Å². The van der Waals surface area contributed by atoms with Gasteiger partial charge in [-0.3, -0.25) is 4.72 Å². The second kappa shape index (κ2) is 5.59. The summed E-state index contributed by atoms with van der Waals surface area (Å²) in [5.74, 6) is -1.17. The zero-order chi connectivity index (χ0) is 14.8. The van der Waals surface area contributed by atoms with Gasteiger partial charge in [0, 0.05) is 16.4 Å². The van der Waals surface area contributed by atoms with Gasteiger partial charge in [-0.2, -0.15) is 8.42 Å². The fourth-order valence-corrected chi connectivity index (χ4v) is 2.80. The lowest BCUT2D eigenvalue weighted by atomic mass is 10.3. The molecule has 0 aliphatic heterocycles. The summed E-state index contributed by atoms with van der Waals surface area (Å²) in [6.07, 6.45) is 0.998. The van der Waals surface area contributed by atoms with Gasteiger partial charge < -0.3 is 5.11 Å². The predicted molar refractivity (Wildman–Crippen MR) is 76.1 cm³/mol. The summed E-state index contributed by atoms with van der Waals surface area (Å²) in [5.41, 5.74) is 0.301. The van der Waals surface area contributed by atoms with Crippen molar-refractivity contribution in [3.8, 4) is 0 Å². The van der Waals surface area contributed by atoms with Crippen LogP contribution in [0, 0.1) is 0 Å². The molecular weight excluding hydrogens is 348 g/mol. The molecule has 0 aliphatic carbocycles. The van der Waals surface area contributed by atoms with Gasteiger partial charge in [-0.15, -0.1) is 0 Å². The number of carboxylic acid groups (broad SMARTS) is 1. The number of benzene rings is 1. The van der Waals surface area contributed by atoms with E-state index in [0.717, 1.165) is 16.7 Å². The van der Waals surface area contributed by atoms with Crippen molar-refractivity contribution >= 4 is 37.6 Å². The predicted octanol–water partition coefficient (Wildman–Crippen LogP) is 2.34. The normalized spacial score (nSPS) is 11.1. The first kappa shape index (κ1) is 14.5. The largest absolute Gasteiger partial charge is 0.478 e. The number of pyridine rings is 1. The Labute approximate surface area is 123 Å². The van der Waals surface area contributed by atoms with Gasteiger partial charge in [-0.05, 0) is 30.3 Å². The summed E-state index contributed by atoms with van der Waals surface area (Å²) in [7, 11) is -3.85. The topological polar surface area (TPSA) is 96.4 Å². The summed E-state index contributed by atoms with van der Waals surface area (Å²) < 4.78 is 27.2. The van der Waals surface area contributed by atoms with Gasteiger partial charge in [0.1, 0.15) is 0 Å². The van der Waals surface area contributed by atoms with Crippen molar-refractivity contribution in [1.82, 2.24) is 4.98 Å². The SMILES string of the molecule is O=C(O)c1ccc(S(=O)(=O)Nc2cccc(Br)c2)nc1. The third-order valence-electron chi connectivity index (χ3n) is 2.34. The highest BCUT2D eigenvalue weighted by atomic mass is 79.9. The molecule has 2 N–H and O–H groups in total. The molecule has 1 aromatic carbocycles. The minimum atomic E-state index is -3.85. The van der Waals surface area contributed by atoms with Crippen molar-refractivity contribution in [1.29, 1.82) is 0 Å². The van der Waals surface area contributed by atoms with Gasteiger partial charge in [-0.1, -0.05) is 22.0 Å². The number of sulfonamides is 1. The number of nitrogens with zero attached hydrogens (tertiary/aromatic N) is 1. The first-order valence-corrected chi connectivity index (χ1v) is 7.64. The number of hydrogen-bond donors (Lipinski definition) is 2. The van der Waals surface area contributed by atoms with Crippen LogP contribution in [0.15, 0.2) is 52.1 Å². The van der Waals surface area contributed by atoms with Crippen LogP contribution in [-0.2, 0) is 10.0 Å². The Morgan fingerprint density at radius 3 is 2.55 bits per heavy atom. The number of nitrogens with one attached hydrogen (secondary N) is 1. The highest BCUT2D eigenvalue weighted by Gasteiger charge is 2.16. The maximum absolute atomic E-state index is 12.1. The van der Waals surface area contributed by atoms with E-state index in [-0.39, 0.29) is 10.6 Å². The maximum Gasteiger partial charge on any atom is 0.337 e. The smallest absolute Gasteiger partial charge is 0.337 e. The number of carbonyl (C=O) groups is 1. The monoisotopic (exact) mass is 356 g/mol. The minimum absolute atomic E-state index is 0.0774. The van der Waals surface area contributed by atoms with E-state index in [1.807, 2.05) is 0 Å². The molecule has 0 atom stereocenters. The molecular formula is C12H9BrN2O4S. The average molecular weight is 357 g/mol. The first-order valence-electron chi connectivity index (χ1n) is 5.36. The maximum atomic E-state index is 12.1. The van der Waals surface area contributed by atoms with E-state index in [2.05, 4.69) is 25.6 Å². The molecule has 0 amide bonds. The molecule has 6 nitrogen and oxygen atoms in total. The van der Waals surface area contributed by atoms with Crippen LogP contribution in [0.2, 0.25) is 0 Å². The molecule has 20 heavy (non-hydrogen) atoms. The van der Waals surface area contributed by atoms with Gasteiger partial charge in [-0.25, -0.2) is 9.78 Å². The molecule has 0 radical (unpaired) electrons. The van der Waals surface area contributed by atoms with E-state index in [1.165, 1.54) is 6.07 Å². The van der Waals surface area contributed by atoms with Crippen LogP contribution in [0.1, 0.15) is 10.4 Å². The van der Waals surface area contributed by atoms with Crippen LogP contribution in [0.5, 0.6) is 0 Å². The number of halogens is 1. The quantitative estimate of drug-likeness (QED) is 0.876. The highest BCUT2D eigenvalue weighted by molar-refractivity contribution is 9.10. The average Bonchev–Trinajstić information content (AvgIpc) is 2.38. The number of carboxylic acids is 1. The van der Waals surface area contributed by atoms with E-state index in [1.54, 1.807) is 24.3 Å². The fourth-order valence-electron chi connectivity index (χ4n) is 1.43. The highest BCUT2D eigenvalue weighted by Crippen LogP contribution is 2.19. The lowest BCUT2D eigenvalue weighted by Crippen LogP contribution is -2.14. The molecule has 104 valence electrons. The van der Waals surface area contributed by atoms with Crippen LogP contribution in [0.4, 0.5) is 5.69 Å². The van der Waals surface area contributed by atoms with E-state index in [4.69, 9.17) is 5.11 Å². The van der Waals surface area contributed by atoms with E-state index < -0.39 is 16.0 Å². The molecule has 1 heterocycles. The third kappa shape index (κ3) is 3.34. The molecule has 0 fully saturated rings. The Kier molecular flexibility index (Phi) is 4.05. The molecule has 0 bridgehead atoms. The van der Waals surface area contributed by atoms with Gasteiger partial charge in [0.25, 0.3) is 10.0 Å². The molecule has 8 heteroatoms. The van der Waals surface area contributed by atoms with Crippen molar-refractivity contribution < 1.29 is 18.3 Å². The minimum Gasteiger partial charge on any atom is -0.478 e. The molecule has 2 rings (SSSR count). The molecule has 0 saturated carbocycles. The number of aromatic nitrogens is 1. The summed E-state index contributed by atoms with van der Waals surface area (Å²) in [4.78, 5) is 14.3. The zero-order valence-electron chi connectivity index (χ0n) is 9.95. The summed E-state index contributed by atoms with van der Waals surface area (Å²) in [6, 6.07) is 8.96. The number of hydrogen-bond acceptors (Lipinski definition) is 4. The van der Waals surface area contributed by atoms with Crippen LogP contribution < -0.4 is 4.72 Å². The number of anilines is 1. The van der Waals surface area contributed by atoms with Crippen molar-refractivity contribution in [2.24, 2.45) is 0 Å². The Hall–Kier alpha value is -1.93. The van der Waals surface area contributed by atoms with E-state index >= 15 is 0 Å². The van der Waals surface area contributed by atoms with Crippen molar-refractivity contribution in [2.75, 3.05) is 4.72 Å². The molecule has 0 spiro atoms. The third-order valence-corrected chi connectivity index (χ3v) is 4.13. The van der Waals surface area contributed by atoms with Crippen molar-refractivity contribution in [3.05, 3.63) is 52.6 Å². The van der Waals surface area contributed by atoms with Gasteiger partial charge in [0.15, 0.2) is 5.03 Å². The Morgan fingerprint density at radius 2 is 2.00 bits per heavy atom. The lowest BCUT2D eigenvalue weighted by Gasteiger charge is -2.07. The van der Waals surface area contributed by atoms with Crippen molar-refractivity contribution in [2.45, 2.75) is 5.03 Å². The summed E-state index contributed by atoms with van der Waals surface area (Å²) in [6.45, 7) is 0. The molecule has 2 aromatic rings. The van der Waals surface area contributed by atoms with Crippen LogP contribution in [0.3, 0.4) is 0 Å². The zero-order valence-corrected chi connectivity index (χ0v) is 12.3. The Bertz CT molecular complexity index is 744.